The van der Waals surface area contributed by atoms with Crippen molar-refractivity contribution in [3.8, 4) is 0 Å². The highest BCUT2D eigenvalue weighted by molar-refractivity contribution is 5.97. The van der Waals surface area contributed by atoms with Crippen LogP contribution in [0.2, 0.25) is 0 Å². The second-order valence-electron chi connectivity index (χ2n) is 8.63. The lowest BCUT2D eigenvalue weighted by molar-refractivity contribution is -0.128. The predicted octanol–water partition coefficient (Wildman–Crippen LogP) is 2.24. The predicted molar refractivity (Wildman–Crippen MR) is 116 cm³/mol. The molecular formula is C23H29N5O3. The Hall–Kier alpha value is -3.16. The molecule has 1 saturated carbocycles. The Kier molecular flexibility index (Phi) is 6.34. The number of likely N-dealkylation sites (tertiary alicyclic amines) is 1. The molecule has 1 aliphatic carbocycles. The first-order valence-corrected chi connectivity index (χ1v) is 10.9. The molecule has 1 saturated heterocycles. The van der Waals surface area contributed by atoms with Gasteiger partial charge >= 0.3 is 0 Å². The van der Waals surface area contributed by atoms with Gasteiger partial charge in [-0.3, -0.25) is 19.1 Å². The summed E-state index contributed by atoms with van der Waals surface area (Å²) in [5.41, 5.74) is 2.76. The molecule has 4 rings (SSSR count). The number of benzene rings is 1. The number of nitrogens with zero attached hydrogens (tertiary/aromatic N) is 3. The Morgan fingerprint density at radius 3 is 2.65 bits per heavy atom. The fourth-order valence-corrected chi connectivity index (χ4v) is 4.26. The van der Waals surface area contributed by atoms with E-state index in [0.717, 1.165) is 31.2 Å². The van der Waals surface area contributed by atoms with Gasteiger partial charge in [-0.1, -0.05) is 42.7 Å². The number of aromatic nitrogens is 2. The normalized spacial score (nSPS) is 19.1. The fourth-order valence-electron chi connectivity index (χ4n) is 4.26. The van der Waals surface area contributed by atoms with Gasteiger partial charge in [0.15, 0.2) is 0 Å². The smallest absolute Gasteiger partial charge is 0.241 e. The van der Waals surface area contributed by atoms with Crippen molar-refractivity contribution in [3.63, 3.8) is 0 Å². The van der Waals surface area contributed by atoms with Crippen LogP contribution in [0.5, 0.6) is 0 Å². The monoisotopic (exact) mass is 423 g/mol. The fraction of sp³-hybridized carbons (Fsp3) is 0.478. The Bertz CT molecular complexity index is 946. The quantitative estimate of drug-likeness (QED) is 0.714. The number of nitrogens with one attached hydrogen (secondary N) is 2. The highest BCUT2D eigenvalue weighted by Gasteiger charge is 2.34. The summed E-state index contributed by atoms with van der Waals surface area (Å²) in [5, 5.41) is 10.0. The molecule has 2 fully saturated rings. The third-order valence-corrected chi connectivity index (χ3v) is 6.01. The molecule has 8 nitrogen and oxygen atoms in total. The van der Waals surface area contributed by atoms with Gasteiger partial charge in [-0.15, -0.1) is 0 Å². The second kappa shape index (κ2) is 9.32. The average Bonchev–Trinajstić information content (AvgIpc) is 3.47. The zero-order valence-electron chi connectivity index (χ0n) is 17.8. The van der Waals surface area contributed by atoms with Crippen LogP contribution in [0.4, 0.5) is 5.69 Å². The number of amides is 3. The van der Waals surface area contributed by atoms with Gasteiger partial charge in [-0.05, 0) is 25.3 Å². The molecule has 2 heterocycles. The van der Waals surface area contributed by atoms with Crippen LogP contribution in [0, 0.1) is 12.8 Å². The van der Waals surface area contributed by atoms with Gasteiger partial charge in [0.2, 0.25) is 17.7 Å². The molecule has 0 spiro atoms. The molecule has 2 aliphatic rings. The maximum atomic E-state index is 12.7. The van der Waals surface area contributed by atoms with Crippen LogP contribution >= 0.6 is 0 Å². The summed E-state index contributed by atoms with van der Waals surface area (Å²) in [5.74, 6) is -0.678. The summed E-state index contributed by atoms with van der Waals surface area (Å²) in [6.07, 6.45) is 7.77. The number of hydrogen-bond acceptors (Lipinski definition) is 4. The average molecular weight is 424 g/mol. The van der Waals surface area contributed by atoms with Gasteiger partial charge in [-0.25, -0.2) is 0 Å². The number of hydrogen-bond donors (Lipinski definition) is 2. The van der Waals surface area contributed by atoms with Crippen LogP contribution in [-0.4, -0.2) is 45.0 Å². The second-order valence-corrected chi connectivity index (χ2v) is 8.63. The zero-order valence-corrected chi connectivity index (χ0v) is 17.8. The minimum Gasteiger partial charge on any atom is -0.352 e. The minimum absolute atomic E-state index is 0.0139. The third-order valence-electron chi connectivity index (χ3n) is 6.01. The summed E-state index contributed by atoms with van der Waals surface area (Å²) in [4.78, 5) is 38.9. The van der Waals surface area contributed by atoms with Crippen molar-refractivity contribution in [2.24, 2.45) is 5.92 Å². The Balaban J connectivity index is 1.27. The first-order valence-electron chi connectivity index (χ1n) is 10.9. The summed E-state index contributed by atoms with van der Waals surface area (Å²) < 4.78 is 1.52. The van der Waals surface area contributed by atoms with E-state index in [0.29, 0.717) is 18.8 Å². The summed E-state index contributed by atoms with van der Waals surface area (Å²) in [7, 11) is 0. The lowest BCUT2D eigenvalue weighted by Crippen LogP contribution is -2.35. The zero-order chi connectivity index (χ0) is 21.8. The minimum atomic E-state index is -0.396. The number of anilines is 1. The van der Waals surface area contributed by atoms with Gasteiger partial charge in [-0.2, -0.15) is 5.10 Å². The molecule has 2 N–H and O–H groups in total. The van der Waals surface area contributed by atoms with Crippen molar-refractivity contribution in [3.05, 3.63) is 47.8 Å². The van der Waals surface area contributed by atoms with E-state index in [9.17, 15) is 14.4 Å². The summed E-state index contributed by atoms with van der Waals surface area (Å²) >= 11 is 0. The van der Waals surface area contributed by atoms with Crippen molar-refractivity contribution in [1.29, 1.82) is 0 Å². The standard InChI is InChI=1S/C23H29N5O3/c1-16-6-8-17(9-7-16)12-27-13-18(10-22(27)30)23(31)26-20-11-24-28(14-20)15-21(29)25-19-4-2-3-5-19/h6-9,11,14,18-19H,2-5,10,12-13,15H2,1H3,(H,25,29)(H,26,31). The van der Waals surface area contributed by atoms with Crippen LogP contribution < -0.4 is 10.6 Å². The van der Waals surface area contributed by atoms with Crippen molar-refractivity contribution in [2.75, 3.05) is 11.9 Å². The number of aryl methyl sites for hydroxylation is 1. The molecule has 2 aromatic rings. The van der Waals surface area contributed by atoms with Crippen molar-refractivity contribution < 1.29 is 14.4 Å². The first kappa shape index (κ1) is 21.1. The number of rotatable bonds is 7. The highest BCUT2D eigenvalue weighted by Crippen LogP contribution is 2.22. The van der Waals surface area contributed by atoms with E-state index in [1.165, 1.54) is 16.4 Å². The summed E-state index contributed by atoms with van der Waals surface area (Å²) in [6, 6.07) is 8.32. The van der Waals surface area contributed by atoms with Gasteiger partial charge < -0.3 is 15.5 Å². The molecule has 1 atom stereocenters. The van der Waals surface area contributed by atoms with Gasteiger partial charge in [0.05, 0.1) is 17.8 Å². The van der Waals surface area contributed by atoms with E-state index in [2.05, 4.69) is 15.7 Å². The first-order chi connectivity index (χ1) is 15.0. The molecule has 1 aliphatic heterocycles. The van der Waals surface area contributed by atoms with E-state index in [1.54, 1.807) is 11.1 Å². The van der Waals surface area contributed by atoms with Crippen molar-refractivity contribution in [2.45, 2.75) is 58.2 Å². The van der Waals surface area contributed by atoms with E-state index >= 15 is 0 Å². The van der Waals surface area contributed by atoms with E-state index in [1.807, 2.05) is 31.2 Å². The van der Waals surface area contributed by atoms with Gasteiger partial charge in [0, 0.05) is 31.7 Å². The Morgan fingerprint density at radius 1 is 1.16 bits per heavy atom. The Morgan fingerprint density at radius 2 is 1.90 bits per heavy atom. The Labute approximate surface area is 182 Å². The highest BCUT2D eigenvalue weighted by atomic mass is 16.2. The van der Waals surface area contributed by atoms with Crippen LogP contribution in [-0.2, 0) is 27.5 Å². The lowest BCUT2D eigenvalue weighted by atomic mass is 10.1. The molecule has 1 aromatic heterocycles. The third kappa shape index (κ3) is 5.51. The largest absolute Gasteiger partial charge is 0.352 e. The maximum absolute atomic E-state index is 12.7. The lowest BCUT2D eigenvalue weighted by Gasteiger charge is -2.16. The molecule has 8 heteroatoms. The van der Waals surface area contributed by atoms with E-state index in [4.69, 9.17) is 0 Å². The number of carbonyl (C=O) groups excluding carboxylic acids is 3. The van der Waals surface area contributed by atoms with Crippen molar-refractivity contribution in [1.82, 2.24) is 20.0 Å². The SMILES string of the molecule is Cc1ccc(CN2CC(C(=O)Nc3cnn(CC(=O)NC4CCCC4)c3)CC2=O)cc1. The van der Waals surface area contributed by atoms with E-state index in [-0.39, 0.29) is 36.7 Å². The van der Waals surface area contributed by atoms with Crippen LogP contribution in [0.3, 0.4) is 0 Å². The van der Waals surface area contributed by atoms with Gasteiger partial charge in [0.25, 0.3) is 0 Å². The molecule has 31 heavy (non-hydrogen) atoms. The number of carbonyl (C=O) groups is 3. The molecule has 3 amide bonds. The summed E-state index contributed by atoms with van der Waals surface area (Å²) in [6.45, 7) is 3.06. The van der Waals surface area contributed by atoms with Crippen LogP contribution in [0.1, 0.15) is 43.2 Å². The molecule has 1 aromatic carbocycles. The van der Waals surface area contributed by atoms with Crippen LogP contribution in [0.25, 0.3) is 0 Å². The molecule has 164 valence electrons. The molecule has 1 unspecified atom stereocenters. The van der Waals surface area contributed by atoms with E-state index < -0.39 is 5.92 Å². The maximum Gasteiger partial charge on any atom is 0.241 e. The molecule has 0 radical (unpaired) electrons. The van der Waals surface area contributed by atoms with Crippen molar-refractivity contribution >= 4 is 23.4 Å². The van der Waals surface area contributed by atoms with Crippen LogP contribution in [0.15, 0.2) is 36.7 Å². The molecule has 0 bridgehead atoms. The molecular weight excluding hydrogens is 394 g/mol. The topological polar surface area (TPSA) is 96.3 Å². The van der Waals surface area contributed by atoms with Gasteiger partial charge in [0.1, 0.15) is 6.54 Å².